The number of amides is 2. The highest BCUT2D eigenvalue weighted by atomic mass is 32.2. The van der Waals surface area contributed by atoms with E-state index in [1.807, 2.05) is 48.5 Å². The van der Waals surface area contributed by atoms with Gasteiger partial charge in [0.05, 0.1) is 11.0 Å². The first-order valence-corrected chi connectivity index (χ1v) is 13.3. The third-order valence-corrected chi connectivity index (χ3v) is 9.38. The number of likely N-dealkylation sites (tertiary alicyclic amines) is 1. The van der Waals surface area contributed by atoms with E-state index in [1.165, 1.54) is 4.90 Å². The van der Waals surface area contributed by atoms with Gasteiger partial charge in [-0.15, -0.1) is 0 Å². The molecule has 0 saturated carbocycles. The molecule has 0 aromatic heterocycles. The van der Waals surface area contributed by atoms with Crippen LogP contribution >= 0.6 is 0 Å². The number of sulfone groups is 1. The lowest BCUT2D eigenvalue weighted by molar-refractivity contribution is -0.138. The second kappa shape index (κ2) is 8.99. The highest BCUT2D eigenvalue weighted by Gasteiger charge is 2.51. The smallest absolute Gasteiger partial charge is 0.407 e. The van der Waals surface area contributed by atoms with Crippen molar-refractivity contribution in [3.8, 4) is 11.1 Å². The number of hydrogen-bond donors (Lipinski definition) is 2. The van der Waals surface area contributed by atoms with Crippen LogP contribution < -0.4 is 5.32 Å². The fourth-order valence-electron chi connectivity index (χ4n) is 5.47. The van der Waals surface area contributed by atoms with Crippen molar-refractivity contribution in [3.05, 3.63) is 59.7 Å². The third kappa shape index (κ3) is 4.38. The predicted molar refractivity (Wildman–Crippen MR) is 127 cm³/mol. The van der Waals surface area contributed by atoms with Crippen molar-refractivity contribution in [2.45, 2.75) is 42.5 Å². The number of ether oxygens (including phenoxy) is 1. The van der Waals surface area contributed by atoms with Crippen molar-refractivity contribution in [2.24, 2.45) is 0 Å². The second-order valence-corrected chi connectivity index (χ2v) is 11.6. The predicted octanol–water partition coefficient (Wildman–Crippen LogP) is 2.16. The molecule has 2 N–H and O–H groups in total. The molecule has 2 amide bonds. The van der Waals surface area contributed by atoms with Crippen LogP contribution in [0.15, 0.2) is 48.5 Å². The highest BCUT2D eigenvalue weighted by Crippen LogP contribution is 2.44. The van der Waals surface area contributed by atoms with Crippen LogP contribution in [-0.2, 0) is 24.2 Å². The number of carboxylic acid groups (broad SMARTS) is 1. The maximum Gasteiger partial charge on any atom is 0.407 e. The van der Waals surface area contributed by atoms with Crippen LogP contribution in [0.3, 0.4) is 0 Å². The molecule has 0 radical (unpaired) electrons. The van der Waals surface area contributed by atoms with E-state index in [-0.39, 0.29) is 37.7 Å². The van der Waals surface area contributed by atoms with Gasteiger partial charge < -0.3 is 20.1 Å². The number of hydrogen-bond acceptors (Lipinski definition) is 6. The number of nitrogens with one attached hydrogen (secondary N) is 1. The van der Waals surface area contributed by atoms with Crippen LogP contribution in [0.2, 0.25) is 0 Å². The third-order valence-electron chi connectivity index (χ3n) is 7.17. The lowest BCUT2D eigenvalue weighted by Gasteiger charge is -2.30. The fraction of sp³-hybridized carbons (Fsp3) is 0.400. The quantitative estimate of drug-likeness (QED) is 0.598. The first-order chi connectivity index (χ1) is 16.7. The van der Waals surface area contributed by atoms with Crippen LogP contribution in [0, 0.1) is 0 Å². The van der Waals surface area contributed by atoms with E-state index >= 15 is 0 Å². The minimum absolute atomic E-state index is 0.0619. The topological polar surface area (TPSA) is 130 Å². The van der Waals surface area contributed by atoms with Gasteiger partial charge in [0, 0.05) is 24.9 Å². The van der Waals surface area contributed by atoms with E-state index in [1.54, 1.807) is 0 Å². The molecule has 2 aliphatic heterocycles. The molecule has 2 aromatic carbocycles. The SMILES string of the molecule is O=C(O)CCC(NC(=O)OCC1c2ccccc2-c2ccccc21)C(=O)N1CC2CC1CS2(=O)=O. The number of alkyl carbamates (subject to hydrolysis) is 1. The summed E-state index contributed by atoms with van der Waals surface area (Å²) in [5, 5.41) is 11.0. The molecule has 5 rings (SSSR count). The van der Waals surface area contributed by atoms with Crippen molar-refractivity contribution in [2.75, 3.05) is 18.9 Å². The molecule has 3 unspecified atom stereocenters. The second-order valence-electron chi connectivity index (χ2n) is 9.29. The lowest BCUT2D eigenvalue weighted by Crippen LogP contribution is -2.53. The van der Waals surface area contributed by atoms with E-state index in [9.17, 15) is 22.8 Å². The molecule has 35 heavy (non-hydrogen) atoms. The zero-order chi connectivity index (χ0) is 24.7. The minimum atomic E-state index is -3.20. The number of carboxylic acids is 1. The zero-order valence-corrected chi connectivity index (χ0v) is 19.7. The molecule has 2 bridgehead atoms. The molecular formula is C25H26N2O7S. The van der Waals surface area contributed by atoms with Crippen LogP contribution in [0.5, 0.6) is 0 Å². The van der Waals surface area contributed by atoms with E-state index < -0.39 is 45.1 Å². The van der Waals surface area contributed by atoms with Gasteiger partial charge in [-0.3, -0.25) is 9.59 Å². The molecule has 3 atom stereocenters. The van der Waals surface area contributed by atoms with Gasteiger partial charge in [0.15, 0.2) is 9.84 Å². The largest absolute Gasteiger partial charge is 0.481 e. The van der Waals surface area contributed by atoms with Crippen LogP contribution in [0.4, 0.5) is 4.79 Å². The van der Waals surface area contributed by atoms with Crippen molar-refractivity contribution < 1.29 is 32.6 Å². The van der Waals surface area contributed by atoms with Gasteiger partial charge in [0.25, 0.3) is 0 Å². The molecule has 2 fully saturated rings. The Morgan fingerprint density at radius 1 is 1.06 bits per heavy atom. The summed E-state index contributed by atoms with van der Waals surface area (Å²) in [6, 6.07) is 14.3. The first kappa shape index (κ1) is 23.3. The standard InChI is InChI=1S/C25H26N2O7S/c28-23(29)10-9-22(24(30)27-12-16-11-15(27)14-35(16,32)33)26-25(31)34-13-21-19-7-3-1-5-17(19)18-6-2-4-8-20(18)21/h1-8,15-16,21-22H,9-14H2,(H,26,31)(H,28,29). The summed E-state index contributed by atoms with van der Waals surface area (Å²) in [4.78, 5) is 38.5. The monoisotopic (exact) mass is 498 g/mol. The van der Waals surface area contributed by atoms with Crippen molar-refractivity contribution in [3.63, 3.8) is 0 Å². The molecule has 9 nitrogen and oxygen atoms in total. The van der Waals surface area contributed by atoms with Gasteiger partial charge in [-0.05, 0) is 35.1 Å². The zero-order valence-electron chi connectivity index (χ0n) is 18.9. The maximum absolute atomic E-state index is 13.2. The molecule has 2 heterocycles. The number of nitrogens with zero attached hydrogens (tertiary/aromatic N) is 1. The molecule has 2 saturated heterocycles. The van der Waals surface area contributed by atoms with Gasteiger partial charge in [-0.25, -0.2) is 13.2 Å². The number of aliphatic carboxylic acids is 1. The van der Waals surface area contributed by atoms with E-state index in [0.29, 0.717) is 6.42 Å². The van der Waals surface area contributed by atoms with Gasteiger partial charge >= 0.3 is 12.1 Å². The normalized spacial score (nSPS) is 22.3. The molecule has 1 aliphatic carbocycles. The summed E-state index contributed by atoms with van der Waals surface area (Å²) < 4.78 is 29.6. The Morgan fingerprint density at radius 2 is 1.69 bits per heavy atom. The summed E-state index contributed by atoms with van der Waals surface area (Å²) in [5.41, 5.74) is 4.28. The van der Waals surface area contributed by atoms with Crippen LogP contribution in [0.25, 0.3) is 11.1 Å². The molecule has 10 heteroatoms. The maximum atomic E-state index is 13.2. The van der Waals surface area contributed by atoms with Gasteiger partial charge in [0.2, 0.25) is 5.91 Å². The van der Waals surface area contributed by atoms with Gasteiger partial charge in [-0.2, -0.15) is 0 Å². The Kier molecular flexibility index (Phi) is 6.00. The fourth-order valence-corrected chi connectivity index (χ4v) is 7.50. The number of carbonyl (C=O) groups excluding carboxylic acids is 2. The summed E-state index contributed by atoms with van der Waals surface area (Å²) in [7, 11) is -3.20. The van der Waals surface area contributed by atoms with Crippen molar-refractivity contribution >= 4 is 27.8 Å². The summed E-state index contributed by atoms with van der Waals surface area (Å²) >= 11 is 0. The number of fused-ring (bicyclic) bond motifs is 5. The van der Waals surface area contributed by atoms with E-state index in [4.69, 9.17) is 9.84 Å². The van der Waals surface area contributed by atoms with E-state index in [2.05, 4.69) is 5.32 Å². The van der Waals surface area contributed by atoms with Gasteiger partial charge in [0.1, 0.15) is 12.6 Å². The highest BCUT2D eigenvalue weighted by molar-refractivity contribution is 7.92. The summed E-state index contributed by atoms with van der Waals surface area (Å²) in [6.07, 6.45) is -0.864. The number of carbonyl (C=O) groups is 3. The Balaban J connectivity index is 1.26. The molecule has 2 aromatic rings. The molecule has 184 valence electrons. The Bertz CT molecular complexity index is 1250. The Labute approximate surface area is 203 Å². The van der Waals surface area contributed by atoms with Crippen LogP contribution in [0.1, 0.15) is 36.3 Å². The van der Waals surface area contributed by atoms with Gasteiger partial charge in [-0.1, -0.05) is 48.5 Å². The molecule has 3 aliphatic rings. The number of rotatable bonds is 7. The first-order valence-electron chi connectivity index (χ1n) is 11.6. The Morgan fingerprint density at radius 3 is 2.23 bits per heavy atom. The Hall–Kier alpha value is -3.40. The minimum Gasteiger partial charge on any atom is -0.481 e. The average molecular weight is 499 g/mol. The van der Waals surface area contributed by atoms with Crippen molar-refractivity contribution in [1.29, 1.82) is 0 Å². The van der Waals surface area contributed by atoms with Crippen LogP contribution in [-0.4, -0.2) is 72.6 Å². The summed E-state index contributed by atoms with van der Waals surface area (Å²) in [5.74, 6) is -1.81. The molecular weight excluding hydrogens is 472 g/mol. The summed E-state index contributed by atoms with van der Waals surface area (Å²) in [6.45, 7) is 0.133. The average Bonchev–Trinajstić information content (AvgIpc) is 3.48. The number of benzene rings is 2. The lowest BCUT2D eigenvalue weighted by atomic mass is 9.98. The molecule has 0 spiro atoms. The van der Waals surface area contributed by atoms with E-state index in [0.717, 1.165) is 22.3 Å². The van der Waals surface area contributed by atoms with Crippen molar-refractivity contribution in [1.82, 2.24) is 10.2 Å².